The molecule has 0 saturated carbocycles. The first-order chi connectivity index (χ1) is 16.8. The van der Waals surface area contributed by atoms with Crippen LogP contribution in [-0.4, -0.2) is 76.0 Å². The highest BCUT2D eigenvalue weighted by Crippen LogP contribution is 2.25. The van der Waals surface area contributed by atoms with E-state index in [9.17, 15) is 18.0 Å². The molecule has 2 aromatic rings. The molecule has 11 heteroatoms. The third kappa shape index (κ3) is 6.75. The summed E-state index contributed by atoms with van der Waals surface area (Å²) in [5, 5.41) is 5.56. The largest absolute Gasteiger partial charge is 0.496 e. The molecule has 0 spiro atoms. The molecule has 3 rings (SSSR count). The number of morpholine rings is 1. The molecule has 2 amide bonds. The Kier molecular flexibility index (Phi) is 9.55. The molecule has 9 nitrogen and oxygen atoms in total. The number of nitrogens with zero attached hydrogens (tertiary/aromatic N) is 1. The van der Waals surface area contributed by atoms with Gasteiger partial charge < -0.3 is 20.1 Å². The van der Waals surface area contributed by atoms with Crippen molar-refractivity contribution in [2.75, 3.05) is 50.7 Å². The van der Waals surface area contributed by atoms with Gasteiger partial charge in [-0.25, -0.2) is 8.42 Å². The number of para-hydroxylation sites is 1. The minimum absolute atomic E-state index is 0.135. The van der Waals surface area contributed by atoms with Crippen LogP contribution in [-0.2, 0) is 19.6 Å². The van der Waals surface area contributed by atoms with Gasteiger partial charge in [-0.3, -0.25) is 9.59 Å². The molecule has 0 radical (unpaired) electrons. The Morgan fingerprint density at radius 2 is 1.89 bits per heavy atom. The topological polar surface area (TPSA) is 114 Å². The maximum absolute atomic E-state index is 13.2. The summed E-state index contributed by atoms with van der Waals surface area (Å²) < 4.78 is 38.3. The second-order valence-electron chi connectivity index (χ2n) is 7.99. The Morgan fingerprint density at radius 3 is 2.57 bits per heavy atom. The summed E-state index contributed by atoms with van der Waals surface area (Å²) in [5.74, 6) is 0.198. The number of carbonyl (C=O) groups is 2. The van der Waals surface area contributed by atoms with Gasteiger partial charge in [-0.05, 0) is 55.2 Å². The molecule has 0 bridgehead atoms. The normalized spacial score (nSPS) is 15.3. The third-order valence-corrected chi connectivity index (χ3v) is 8.31. The third-order valence-electron chi connectivity index (χ3n) is 5.63. The quantitative estimate of drug-likeness (QED) is 0.494. The molecule has 35 heavy (non-hydrogen) atoms. The smallest absolute Gasteiger partial charge is 0.255 e. The van der Waals surface area contributed by atoms with Gasteiger partial charge in [0.05, 0.1) is 30.8 Å². The highest BCUT2D eigenvalue weighted by Gasteiger charge is 2.29. The number of amides is 2. The predicted molar refractivity (Wildman–Crippen MR) is 137 cm³/mol. The van der Waals surface area contributed by atoms with E-state index in [4.69, 9.17) is 9.47 Å². The predicted octanol–water partition coefficient (Wildman–Crippen LogP) is 2.51. The zero-order chi connectivity index (χ0) is 25.4. The maximum atomic E-state index is 13.2. The van der Waals surface area contributed by atoms with E-state index >= 15 is 0 Å². The van der Waals surface area contributed by atoms with Crippen molar-refractivity contribution in [3.05, 3.63) is 53.6 Å². The molecular formula is C24H31N3O6S2. The van der Waals surface area contributed by atoms with E-state index in [-0.39, 0.29) is 18.0 Å². The molecule has 1 aliphatic rings. The minimum atomic E-state index is -3.73. The highest BCUT2D eigenvalue weighted by atomic mass is 32.2. The van der Waals surface area contributed by atoms with Gasteiger partial charge in [-0.1, -0.05) is 18.2 Å². The lowest BCUT2D eigenvalue weighted by atomic mass is 10.1. The van der Waals surface area contributed by atoms with E-state index in [2.05, 4.69) is 10.6 Å². The summed E-state index contributed by atoms with van der Waals surface area (Å²) in [4.78, 5) is 26.2. The van der Waals surface area contributed by atoms with Gasteiger partial charge in [-0.15, -0.1) is 0 Å². The molecule has 1 aliphatic heterocycles. The van der Waals surface area contributed by atoms with E-state index in [1.54, 1.807) is 55.1 Å². The number of hydrogen-bond donors (Lipinski definition) is 2. The van der Waals surface area contributed by atoms with Crippen LogP contribution in [0.5, 0.6) is 5.75 Å². The number of sulfonamides is 1. The first-order valence-electron chi connectivity index (χ1n) is 11.2. The van der Waals surface area contributed by atoms with Crippen LogP contribution in [0.3, 0.4) is 0 Å². The summed E-state index contributed by atoms with van der Waals surface area (Å²) in [6.07, 6.45) is 2.32. The lowest BCUT2D eigenvalue weighted by Gasteiger charge is -2.27. The number of hydrogen-bond acceptors (Lipinski definition) is 7. The maximum Gasteiger partial charge on any atom is 0.255 e. The number of rotatable bonds is 10. The Bertz CT molecular complexity index is 1150. The average molecular weight is 522 g/mol. The van der Waals surface area contributed by atoms with Gasteiger partial charge in [0.25, 0.3) is 5.91 Å². The van der Waals surface area contributed by atoms with E-state index in [0.717, 1.165) is 0 Å². The number of aryl methyl sites for hydroxylation is 1. The van der Waals surface area contributed by atoms with E-state index in [0.29, 0.717) is 48.0 Å². The van der Waals surface area contributed by atoms with Gasteiger partial charge in [0.15, 0.2) is 0 Å². The van der Waals surface area contributed by atoms with E-state index in [1.807, 2.05) is 6.26 Å². The first-order valence-corrected chi connectivity index (χ1v) is 14.0. The van der Waals surface area contributed by atoms with Crippen molar-refractivity contribution in [2.45, 2.75) is 24.3 Å². The van der Waals surface area contributed by atoms with Crippen molar-refractivity contribution >= 4 is 39.3 Å². The Hall–Kier alpha value is -2.60. The molecule has 0 unspecified atom stereocenters. The van der Waals surface area contributed by atoms with Crippen LogP contribution in [0.15, 0.2) is 47.4 Å². The highest BCUT2D eigenvalue weighted by molar-refractivity contribution is 7.98. The average Bonchev–Trinajstić information content (AvgIpc) is 2.87. The van der Waals surface area contributed by atoms with Crippen LogP contribution in [0, 0.1) is 6.92 Å². The summed E-state index contributed by atoms with van der Waals surface area (Å²) in [5.41, 5.74) is 1.25. The number of carbonyl (C=O) groups excluding carboxylic acids is 2. The van der Waals surface area contributed by atoms with Crippen molar-refractivity contribution in [3.8, 4) is 5.75 Å². The first kappa shape index (κ1) is 27.0. The van der Waals surface area contributed by atoms with Crippen molar-refractivity contribution in [1.82, 2.24) is 9.62 Å². The number of anilines is 1. The van der Waals surface area contributed by atoms with Crippen molar-refractivity contribution in [3.63, 3.8) is 0 Å². The SMILES string of the molecule is COc1ccccc1C(=O)N[C@H](CCSC)C(=O)Nc1ccc(C)c(S(=O)(=O)N2CCOCC2)c1. The van der Waals surface area contributed by atoms with E-state index < -0.39 is 27.9 Å². The van der Waals surface area contributed by atoms with Gasteiger partial charge in [-0.2, -0.15) is 16.1 Å². The molecule has 1 atom stereocenters. The van der Waals surface area contributed by atoms with Crippen molar-refractivity contribution in [1.29, 1.82) is 0 Å². The monoisotopic (exact) mass is 521 g/mol. The summed E-state index contributed by atoms with van der Waals surface area (Å²) >= 11 is 1.56. The minimum Gasteiger partial charge on any atom is -0.496 e. The second-order valence-corrected chi connectivity index (χ2v) is 10.9. The fourth-order valence-corrected chi connectivity index (χ4v) is 5.81. The molecule has 190 valence electrons. The standard InChI is InChI=1S/C24H31N3O6S2/c1-17-8-9-18(16-22(17)35(30,31)27-11-13-33-14-12-27)25-24(29)20(10-15-34-3)26-23(28)19-6-4-5-7-21(19)32-2/h4-9,16,20H,10-15H2,1-3H3,(H,25,29)(H,26,28)/t20-/m1/s1. The van der Waals surface area contributed by atoms with Crippen LogP contribution in [0.2, 0.25) is 0 Å². The molecule has 0 aromatic heterocycles. The number of thioether (sulfide) groups is 1. The molecule has 1 heterocycles. The van der Waals surface area contributed by atoms with Gasteiger partial charge in [0.1, 0.15) is 11.8 Å². The van der Waals surface area contributed by atoms with Crippen LogP contribution in [0.1, 0.15) is 22.3 Å². The fraction of sp³-hybridized carbons (Fsp3) is 0.417. The second kappa shape index (κ2) is 12.4. The fourth-order valence-electron chi connectivity index (χ4n) is 3.68. The van der Waals surface area contributed by atoms with Crippen molar-refractivity contribution < 1.29 is 27.5 Å². The van der Waals surface area contributed by atoms with Crippen LogP contribution < -0.4 is 15.4 Å². The zero-order valence-electron chi connectivity index (χ0n) is 20.1. The molecule has 2 aromatic carbocycles. The Labute approximate surface area is 210 Å². The summed E-state index contributed by atoms with van der Waals surface area (Å²) in [7, 11) is -2.26. The molecule has 1 fully saturated rings. The number of ether oxygens (including phenoxy) is 2. The Balaban J connectivity index is 1.79. The van der Waals surface area contributed by atoms with E-state index in [1.165, 1.54) is 17.5 Å². The molecular weight excluding hydrogens is 490 g/mol. The van der Waals surface area contributed by atoms with Gasteiger partial charge in [0, 0.05) is 18.8 Å². The van der Waals surface area contributed by atoms with Crippen LogP contribution in [0.4, 0.5) is 5.69 Å². The Morgan fingerprint density at radius 1 is 1.17 bits per heavy atom. The molecule has 2 N–H and O–H groups in total. The van der Waals surface area contributed by atoms with Gasteiger partial charge in [0.2, 0.25) is 15.9 Å². The zero-order valence-corrected chi connectivity index (χ0v) is 21.7. The lowest BCUT2D eigenvalue weighted by molar-refractivity contribution is -0.118. The number of benzene rings is 2. The summed E-state index contributed by atoms with van der Waals surface area (Å²) in [6, 6.07) is 10.7. The molecule has 1 saturated heterocycles. The number of methoxy groups -OCH3 is 1. The summed E-state index contributed by atoms with van der Waals surface area (Å²) in [6.45, 7) is 2.97. The lowest BCUT2D eigenvalue weighted by Crippen LogP contribution is -2.44. The van der Waals surface area contributed by atoms with Crippen LogP contribution >= 0.6 is 11.8 Å². The van der Waals surface area contributed by atoms with Gasteiger partial charge >= 0.3 is 0 Å². The number of nitrogens with one attached hydrogen (secondary N) is 2. The van der Waals surface area contributed by atoms with Crippen molar-refractivity contribution in [2.24, 2.45) is 0 Å². The van der Waals surface area contributed by atoms with Crippen LogP contribution in [0.25, 0.3) is 0 Å². The molecule has 0 aliphatic carbocycles.